The van der Waals surface area contributed by atoms with Gasteiger partial charge in [-0.2, -0.15) is 0 Å². The first-order valence-electron chi connectivity index (χ1n) is 5.01. The molecule has 1 fully saturated rings. The average molecular weight is 237 g/mol. The van der Waals surface area contributed by atoms with E-state index in [1.807, 2.05) is 0 Å². The third-order valence-corrected chi connectivity index (χ3v) is 2.31. The van der Waals surface area contributed by atoms with E-state index in [0.717, 1.165) is 0 Å². The zero-order valence-electron chi connectivity index (χ0n) is 9.10. The summed E-state index contributed by atoms with van der Waals surface area (Å²) in [5, 5.41) is 12.2. The number of ether oxygens (including phenoxy) is 2. The number of hydrogen-bond acceptors (Lipinski definition) is 5. The Morgan fingerprint density at radius 1 is 1.59 bits per heavy atom. The van der Waals surface area contributed by atoms with Crippen molar-refractivity contribution in [3.63, 3.8) is 0 Å². The van der Waals surface area contributed by atoms with Gasteiger partial charge in [-0.1, -0.05) is 6.07 Å². The number of esters is 1. The molecule has 1 aromatic rings. The lowest BCUT2D eigenvalue weighted by Crippen LogP contribution is -2.18. The monoisotopic (exact) mass is 237 g/mol. The average Bonchev–Trinajstić information content (AvgIpc) is 2.67. The van der Waals surface area contributed by atoms with Crippen LogP contribution in [0.5, 0.6) is 11.5 Å². The summed E-state index contributed by atoms with van der Waals surface area (Å²) in [4.78, 5) is 21.6. The van der Waals surface area contributed by atoms with Gasteiger partial charge in [0.25, 0.3) is 0 Å². The zero-order valence-corrected chi connectivity index (χ0v) is 9.10. The maximum atomic E-state index is 10.9. The lowest BCUT2D eigenvalue weighted by atomic mass is 10.1. The molecule has 1 aromatic carbocycles. The van der Waals surface area contributed by atoms with Gasteiger partial charge in [-0.05, 0) is 17.7 Å². The minimum Gasteiger partial charge on any atom is -0.504 e. The maximum Gasteiger partial charge on any atom is 0.407 e. The number of phenolic OH excluding ortho intramolecular Hbond substituents is 1. The van der Waals surface area contributed by atoms with Gasteiger partial charge in [0.15, 0.2) is 11.5 Å². The Kier molecular flexibility index (Phi) is 2.86. The summed E-state index contributed by atoms with van der Waals surface area (Å²) in [6, 6.07) is 4.26. The van der Waals surface area contributed by atoms with Gasteiger partial charge in [0.05, 0.1) is 6.04 Å². The van der Waals surface area contributed by atoms with Gasteiger partial charge in [0.1, 0.15) is 6.61 Å². The Labute approximate surface area is 97.1 Å². The summed E-state index contributed by atoms with van der Waals surface area (Å²) in [7, 11) is 0. The van der Waals surface area contributed by atoms with Crippen molar-refractivity contribution in [2.24, 2.45) is 0 Å². The van der Waals surface area contributed by atoms with Crippen molar-refractivity contribution < 1.29 is 24.2 Å². The molecule has 0 radical (unpaired) electrons. The quantitative estimate of drug-likeness (QED) is 0.594. The molecule has 17 heavy (non-hydrogen) atoms. The summed E-state index contributed by atoms with van der Waals surface area (Å²) < 4.78 is 9.51. The second kappa shape index (κ2) is 4.32. The molecule has 90 valence electrons. The molecule has 2 rings (SSSR count). The number of benzene rings is 1. The van der Waals surface area contributed by atoms with Gasteiger partial charge in [-0.3, -0.25) is 4.79 Å². The molecule has 1 heterocycles. The molecule has 6 nitrogen and oxygen atoms in total. The highest BCUT2D eigenvalue weighted by Gasteiger charge is 2.24. The van der Waals surface area contributed by atoms with Crippen molar-refractivity contribution in [1.29, 1.82) is 0 Å². The van der Waals surface area contributed by atoms with Crippen molar-refractivity contribution in [2.75, 3.05) is 6.61 Å². The minimum atomic E-state index is -0.509. The van der Waals surface area contributed by atoms with E-state index in [9.17, 15) is 14.7 Å². The summed E-state index contributed by atoms with van der Waals surface area (Å²) in [6.45, 7) is 1.46. The van der Waals surface area contributed by atoms with Crippen LogP contribution in [0.3, 0.4) is 0 Å². The predicted molar refractivity (Wildman–Crippen MR) is 56.6 cm³/mol. The van der Waals surface area contributed by atoms with Crippen LogP contribution in [0.15, 0.2) is 18.2 Å². The van der Waals surface area contributed by atoms with Gasteiger partial charge in [0, 0.05) is 6.92 Å². The molecular formula is C11H11NO5. The van der Waals surface area contributed by atoms with Crippen LogP contribution in [0.4, 0.5) is 4.79 Å². The van der Waals surface area contributed by atoms with Crippen LogP contribution in [0.2, 0.25) is 0 Å². The van der Waals surface area contributed by atoms with Gasteiger partial charge >= 0.3 is 12.1 Å². The molecule has 1 aliphatic heterocycles. The number of amides is 1. The number of carbonyl (C=O) groups excluding carboxylic acids is 2. The Morgan fingerprint density at radius 3 is 2.88 bits per heavy atom. The fourth-order valence-electron chi connectivity index (χ4n) is 1.56. The Hall–Kier alpha value is -2.24. The third kappa shape index (κ3) is 2.47. The van der Waals surface area contributed by atoms with Gasteiger partial charge in [-0.25, -0.2) is 4.79 Å². The van der Waals surface area contributed by atoms with E-state index in [1.165, 1.54) is 19.1 Å². The number of carbonyl (C=O) groups is 2. The number of phenols is 1. The van der Waals surface area contributed by atoms with E-state index in [1.54, 1.807) is 6.07 Å². The zero-order chi connectivity index (χ0) is 12.4. The summed E-state index contributed by atoms with van der Waals surface area (Å²) in [6.07, 6.45) is -0.487. The van der Waals surface area contributed by atoms with Gasteiger partial charge < -0.3 is 19.9 Å². The van der Waals surface area contributed by atoms with Crippen molar-refractivity contribution in [2.45, 2.75) is 13.0 Å². The minimum absolute atomic E-state index is 0.0893. The number of alkyl carbamates (subject to hydrolysis) is 1. The van der Waals surface area contributed by atoms with Crippen LogP contribution in [0, 0.1) is 0 Å². The number of nitrogens with one attached hydrogen (secondary N) is 1. The highest BCUT2D eigenvalue weighted by molar-refractivity contribution is 5.71. The summed E-state index contributed by atoms with van der Waals surface area (Å²) in [5.74, 6) is -0.573. The first kappa shape index (κ1) is 11.3. The second-order valence-corrected chi connectivity index (χ2v) is 3.62. The molecule has 1 atom stereocenters. The highest BCUT2D eigenvalue weighted by atomic mass is 16.6. The standard InChI is InChI=1S/C11H11NO5/c1-6(13)17-10-3-2-7(4-9(10)14)8-5-16-11(15)12-8/h2-4,8,14H,5H2,1H3,(H,12,15)/t8-/m0/s1. The van der Waals surface area contributed by atoms with E-state index < -0.39 is 12.1 Å². The molecule has 0 spiro atoms. The molecule has 1 aliphatic rings. The topological polar surface area (TPSA) is 84.9 Å². The Balaban J connectivity index is 2.18. The van der Waals surface area contributed by atoms with Crippen molar-refractivity contribution in [3.8, 4) is 11.5 Å². The molecule has 0 bridgehead atoms. The predicted octanol–water partition coefficient (Wildman–Crippen LogP) is 1.10. The van der Waals surface area contributed by atoms with Crippen LogP contribution in [-0.4, -0.2) is 23.8 Å². The van der Waals surface area contributed by atoms with E-state index in [4.69, 9.17) is 9.47 Å². The molecular weight excluding hydrogens is 226 g/mol. The molecule has 1 amide bonds. The second-order valence-electron chi connectivity index (χ2n) is 3.62. The Morgan fingerprint density at radius 2 is 2.35 bits per heavy atom. The van der Waals surface area contributed by atoms with Crippen molar-refractivity contribution in [1.82, 2.24) is 5.32 Å². The molecule has 0 aliphatic carbocycles. The first-order valence-corrected chi connectivity index (χ1v) is 5.01. The van der Waals surface area contributed by atoms with Gasteiger partial charge in [-0.15, -0.1) is 0 Å². The van der Waals surface area contributed by atoms with Gasteiger partial charge in [0.2, 0.25) is 0 Å². The fourth-order valence-corrected chi connectivity index (χ4v) is 1.56. The molecule has 2 N–H and O–H groups in total. The van der Waals surface area contributed by atoms with E-state index in [0.29, 0.717) is 5.56 Å². The van der Waals surface area contributed by atoms with Crippen LogP contribution >= 0.6 is 0 Å². The summed E-state index contributed by atoms with van der Waals surface area (Å²) >= 11 is 0. The smallest absolute Gasteiger partial charge is 0.407 e. The van der Waals surface area contributed by atoms with E-state index >= 15 is 0 Å². The maximum absolute atomic E-state index is 10.9. The highest BCUT2D eigenvalue weighted by Crippen LogP contribution is 2.30. The Bertz CT molecular complexity index is 471. The van der Waals surface area contributed by atoms with Crippen LogP contribution in [-0.2, 0) is 9.53 Å². The molecule has 6 heteroatoms. The van der Waals surface area contributed by atoms with E-state index in [-0.39, 0.29) is 24.1 Å². The number of cyclic esters (lactones) is 1. The van der Waals surface area contributed by atoms with Crippen LogP contribution < -0.4 is 10.1 Å². The van der Waals surface area contributed by atoms with Crippen LogP contribution in [0.1, 0.15) is 18.5 Å². The van der Waals surface area contributed by atoms with Crippen molar-refractivity contribution >= 4 is 12.1 Å². The summed E-state index contributed by atoms with van der Waals surface area (Å²) in [5.41, 5.74) is 0.684. The largest absolute Gasteiger partial charge is 0.504 e. The first-order chi connectivity index (χ1) is 8.06. The number of hydrogen-bond donors (Lipinski definition) is 2. The lowest BCUT2D eigenvalue weighted by Gasteiger charge is -2.10. The van der Waals surface area contributed by atoms with E-state index in [2.05, 4.69) is 5.32 Å². The van der Waals surface area contributed by atoms with Crippen molar-refractivity contribution in [3.05, 3.63) is 23.8 Å². The molecule has 1 saturated heterocycles. The van der Waals surface area contributed by atoms with Crippen LogP contribution in [0.25, 0.3) is 0 Å². The fraction of sp³-hybridized carbons (Fsp3) is 0.273. The normalized spacial score (nSPS) is 18.4. The third-order valence-electron chi connectivity index (χ3n) is 2.31. The molecule has 0 saturated carbocycles. The lowest BCUT2D eigenvalue weighted by molar-refractivity contribution is -0.132. The molecule has 0 unspecified atom stereocenters. The SMILES string of the molecule is CC(=O)Oc1ccc([C@@H]2COC(=O)N2)cc1O. The number of rotatable bonds is 2. The number of aromatic hydroxyl groups is 1. The molecule has 0 aromatic heterocycles.